The Kier molecular flexibility index (Phi) is 5.18. The van der Waals surface area contributed by atoms with Gasteiger partial charge in [-0.3, -0.25) is 4.79 Å². The number of nitrogens with one attached hydrogen (secondary N) is 1. The molecule has 24 heavy (non-hydrogen) atoms. The highest BCUT2D eigenvalue weighted by Gasteiger charge is 2.06. The van der Waals surface area contributed by atoms with E-state index < -0.39 is 0 Å². The summed E-state index contributed by atoms with van der Waals surface area (Å²) in [6.45, 7) is 1.14. The molecule has 2 aromatic carbocycles. The second-order valence-electron chi connectivity index (χ2n) is 5.61. The van der Waals surface area contributed by atoms with E-state index in [9.17, 15) is 4.79 Å². The number of anilines is 1. The highest BCUT2D eigenvalue weighted by atomic mass is 16.5. The zero-order chi connectivity index (χ0) is 16.8. The number of benzene rings is 2. The predicted molar refractivity (Wildman–Crippen MR) is 92.5 cm³/mol. The molecule has 3 rings (SSSR count). The summed E-state index contributed by atoms with van der Waals surface area (Å²) in [5.41, 5.74) is 3.57. The van der Waals surface area contributed by atoms with E-state index in [0.717, 1.165) is 22.3 Å². The first kappa shape index (κ1) is 16.1. The summed E-state index contributed by atoms with van der Waals surface area (Å²) < 4.78 is 7.28. The van der Waals surface area contributed by atoms with Gasteiger partial charge in [0.1, 0.15) is 5.52 Å². The van der Waals surface area contributed by atoms with Crippen molar-refractivity contribution >= 4 is 22.6 Å². The van der Waals surface area contributed by atoms with Gasteiger partial charge in [0.15, 0.2) is 0 Å². The number of hydrogen-bond donors (Lipinski definition) is 1. The third kappa shape index (κ3) is 4.17. The van der Waals surface area contributed by atoms with Gasteiger partial charge in [-0.2, -0.15) is 0 Å². The molecule has 0 saturated carbocycles. The zero-order valence-electron chi connectivity index (χ0n) is 13.6. The standard InChI is InChI=1S/C18H20N4O2/c1-22-17-10-9-15(12-16(17)20-21-22)19-18(23)8-5-11-24-13-14-6-3-2-4-7-14/h2-4,6-7,9-10,12H,5,8,11,13H2,1H3,(H,19,23). The minimum Gasteiger partial charge on any atom is -0.377 e. The minimum atomic E-state index is -0.0263. The van der Waals surface area contributed by atoms with Crippen molar-refractivity contribution in [3.05, 3.63) is 54.1 Å². The van der Waals surface area contributed by atoms with Gasteiger partial charge in [-0.05, 0) is 30.2 Å². The van der Waals surface area contributed by atoms with Gasteiger partial charge >= 0.3 is 0 Å². The smallest absolute Gasteiger partial charge is 0.224 e. The normalized spacial score (nSPS) is 10.9. The SMILES string of the molecule is Cn1nnc2cc(NC(=O)CCCOCc3ccccc3)ccc21. The molecule has 0 bridgehead atoms. The zero-order valence-corrected chi connectivity index (χ0v) is 13.6. The van der Waals surface area contributed by atoms with Gasteiger partial charge in [0.25, 0.3) is 0 Å². The van der Waals surface area contributed by atoms with Crippen LogP contribution in [0.2, 0.25) is 0 Å². The lowest BCUT2D eigenvalue weighted by molar-refractivity contribution is -0.116. The lowest BCUT2D eigenvalue weighted by Crippen LogP contribution is -2.12. The summed E-state index contributed by atoms with van der Waals surface area (Å²) >= 11 is 0. The predicted octanol–water partition coefficient (Wildman–Crippen LogP) is 2.90. The van der Waals surface area contributed by atoms with E-state index in [1.165, 1.54) is 0 Å². The Morgan fingerprint density at radius 3 is 2.88 bits per heavy atom. The van der Waals surface area contributed by atoms with Crippen molar-refractivity contribution in [1.29, 1.82) is 0 Å². The van der Waals surface area contributed by atoms with Crippen LogP contribution in [-0.2, 0) is 23.2 Å². The number of carbonyl (C=O) groups excluding carboxylic acids is 1. The van der Waals surface area contributed by atoms with Crippen molar-refractivity contribution < 1.29 is 9.53 Å². The van der Waals surface area contributed by atoms with Crippen molar-refractivity contribution in [2.45, 2.75) is 19.4 Å². The molecular formula is C18H20N4O2. The van der Waals surface area contributed by atoms with E-state index in [1.807, 2.05) is 55.6 Å². The lowest BCUT2D eigenvalue weighted by Gasteiger charge is -2.06. The number of aryl methyl sites for hydroxylation is 1. The summed E-state index contributed by atoms with van der Waals surface area (Å²) in [6.07, 6.45) is 1.11. The van der Waals surface area contributed by atoms with Crippen LogP contribution in [0.25, 0.3) is 11.0 Å². The molecule has 1 N–H and O–H groups in total. The Hall–Kier alpha value is -2.73. The molecule has 0 aliphatic carbocycles. The van der Waals surface area contributed by atoms with Crippen LogP contribution in [-0.4, -0.2) is 27.5 Å². The fourth-order valence-electron chi connectivity index (χ4n) is 2.44. The maximum absolute atomic E-state index is 12.0. The van der Waals surface area contributed by atoms with Gasteiger partial charge in [-0.25, -0.2) is 4.68 Å². The third-order valence-corrected chi connectivity index (χ3v) is 3.70. The van der Waals surface area contributed by atoms with E-state index in [0.29, 0.717) is 26.1 Å². The van der Waals surface area contributed by atoms with Gasteiger partial charge in [0.05, 0.1) is 12.1 Å². The van der Waals surface area contributed by atoms with Crippen LogP contribution in [0, 0.1) is 0 Å². The number of ether oxygens (including phenoxy) is 1. The van der Waals surface area contributed by atoms with Crippen LogP contribution in [0.3, 0.4) is 0 Å². The van der Waals surface area contributed by atoms with Crippen LogP contribution in [0.15, 0.2) is 48.5 Å². The number of amides is 1. The molecular weight excluding hydrogens is 304 g/mol. The first-order chi connectivity index (χ1) is 11.7. The first-order valence-electron chi connectivity index (χ1n) is 7.93. The summed E-state index contributed by atoms with van der Waals surface area (Å²) in [5.74, 6) is -0.0263. The molecule has 0 radical (unpaired) electrons. The van der Waals surface area contributed by atoms with Gasteiger partial charge in [-0.1, -0.05) is 35.5 Å². The number of hydrogen-bond acceptors (Lipinski definition) is 4. The Morgan fingerprint density at radius 2 is 2.04 bits per heavy atom. The van der Waals surface area contributed by atoms with Crippen molar-refractivity contribution in [2.75, 3.05) is 11.9 Å². The van der Waals surface area contributed by atoms with Crippen LogP contribution in [0.1, 0.15) is 18.4 Å². The molecule has 6 heteroatoms. The molecule has 0 aliphatic rings. The molecule has 124 valence electrons. The first-order valence-corrected chi connectivity index (χ1v) is 7.93. The van der Waals surface area contributed by atoms with Crippen molar-refractivity contribution in [3.63, 3.8) is 0 Å². The second kappa shape index (κ2) is 7.70. The summed E-state index contributed by atoms with van der Waals surface area (Å²) in [5, 5.41) is 10.9. The molecule has 3 aromatic rings. The molecule has 1 amide bonds. The molecule has 0 fully saturated rings. The van der Waals surface area contributed by atoms with E-state index in [1.54, 1.807) is 4.68 Å². The van der Waals surface area contributed by atoms with Crippen molar-refractivity contribution in [1.82, 2.24) is 15.0 Å². The highest BCUT2D eigenvalue weighted by molar-refractivity contribution is 5.92. The molecule has 6 nitrogen and oxygen atoms in total. The molecule has 1 heterocycles. The van der Waals surface area contributed by atoms with E-state index >= 15 is 0 Å². The lowest BCUT2D eigenvalue weighted by atomic mass is 10.2. The van der Waals surface area contributed by atoms with E-state index in [-0.39, 0.29) is 5.91 Å². The van der Waals surface area contributed by atoms with Crippen LogP contribution < -0.4 is 5.32 Å². The Labute approximate surface area is 140 Å². The van der Waals surface area contributed by atoms with Gasteiger partial charge in [0.2, 0.25) is 5.91 Å². The monoisotopic (exact) mass is 324 g/mol. The minimum absolute atomic E-state index is 0.0263. The number of fused-ring (bicyclic) bond motifs is 1. The number of aromatic nitrogens is 3. The maximum Gasteiger partial charge on any atom is 0.224 e. The molecule has 0 aliphatic heterocycles. The largest absolute Gasteiger partial charge is 0.377 e. The average molecular weight is 324 g/mol. The summed E-state index contributed by atoms with van der Waals surface area (Å²) in [7, 11) is 1.84. The van der Waals surface area contributed by atoms with Crippen LogP contribution >= 0.6 is 0 Å². The fraction of sp³-hybridized carbons (Fsp3) is 0.278. The van der Waals surface area contributed by atoms with Crippen molar-refractivity contribution in [2.24, 2.45) is 7.05 Å². The van der Waals surface area contributed by atoms with Gasteiger partial charge < -0.3 is 10.1 Å². The van der Waals surface area contributed by atoms with E-state index in [2.05, 4.69) is 15.6 Å². The highest BCUT2D eigenvalue weighted by Crippen LogP contribution is 2.16. The second-order valence-corrected chi connectivity index (χ2v) is 5.61. The van der Waals surface area contributed by atoms with E-state index in [4.69, 9.17) is 4.74 Å². The summed E-state index contributed by atoms with van der Waals surface area (Å²) in [6, 6.07) is 15.6. The fourth-order valence-corrected chi connectivity index (χ4v) is 2.44. The summed E-state index contributed by atoms with van der Waals surface area (Å²) in [4.78, 5) is 12.0. The Morgan fingerprint density at radius 1 is 1.21 bits per heavy atom. The average Bonchev–Trinajstić information content (AvgIpc) is 2.96. The maximum atomic E-state index is 12.0. The van der Waals surface area contributed by atoms with Gasteiger partial charge in [0, 0.05) is 25.8 Å². The molecule has 0 unspecified atom stereocenters. The van der Waals surface area contributed by atoms with Crippen LogP contribution in [0.5, 0.6) is 0 Å². The molecule has 0 saturated heterocycles. The van der Waals surface area contributed by atoms with Crippen LogP contribution in [0.4, 0.5) is 5.69 Å². The molecule has 1 aromatic heterocycles. The molecule has 0 atom stereocenters. The number of carbonyl (C=O) groups is 1. The number of nitrogens with zero attached hydrogens (tertiary/aromatic N) is 3. The Bertz CT molecular complexity index is 814. The quantitative estimate of drug-likeness (QED) is 0.679. The van der Waals surface area contributed by atoms with Gasteiger partial charge in [-0.15, -0.1) is 5.10 Å². The number of rotatable bonds is 7. The topological polar surface area (TPSA) is 69.0 Å². The third-order valence-electron chi connectivity index (χ3n) is 3.70. The Balaban J connectivity index is 1.40. The molecule has 0 spiro atoms. The van der Waals surface area contributed by atoms with Crippen molar-refractivity contribution in [3.8, 4) is 0 Å².